The highest BCUT2D eigenvalue weighted by molar-refractivity contribution is 9.10. The lowest BCUT2D eigenvalue weighted by Gasteiger charge is -2.28. The Morgan fingerprint density at radius 1 is 1.09 bits per heavy atom. The fourth-order valence-corrected chi connectivity index (χ4v) is 5.51. The number of nitrogens with zero attached hydrogens (tertiary/aromatic N) is 1. The van der Waals surface area contributed by atoms with Crippen LogP contribution in [0.15, 0.2) is 69.4 Å². The SMILES string of the molecule is CCOc1cc([C@H]2NC(=O)NC(C)=C2C(=O)OC)ccc1OC[C@@H](O)N/N=C/c1cc(Br)cc(OC)c1OCc1ccc(Cl)cc1Cl. The summed E-state index contributed by atoms with van der Waals surface area (Å²) in [6.45, 7) is 3.68. The van der Waals surface area contributed by atoms with Gasteiger partial charge in [0, 0.05) is 31.3 Å². The molecule has 0 unspecified atom stereocenters. The number of methoxy groups -OCH3 is 2. The van der Waals surface area contributed by atoms with Crippen molar-refractivity contribution in [3.63, 3.8) is 0 Å². The van der Waals surface area contributed by atoms with Crippen LogP contribution in [0.1, 0.15) is 36.6 Å². The van der Waals surface area contributed by atoms with Gasteiger partial charge in [0.15, 0.2) is 29.2 Å². The molecule has 15 heteroatoms. The van der Waals surface area contributed by atoms with Crippen LogP contribution < -0.4 is 35.0 Å². The Labute approximate surface area is 290 Å². The summed E-state index contributed by atoms with van der Waals surface area (Å²) in [4.78, 5) is 24.7. The lowest BCUT2D eigenvalue weighted by molar-refractivity contribution is -0.136. The molecule has 0 spiro atoms. The summed E-state index contributed by atoms with van der Waals surface area (Å²) in [6, 6.07) is 12.4. The lowest BCUT2D eigenvalue weighted by atomic mass is 9.95. The monoisotopic (exact) mass is 750 g/mol. The molecule has 1 heterocycles. The minimum atomic E-state index is -1.22. The molecule has 1 aliphatic rings. The Kier molecular flexibility index (Phi) is 12.6. The molecule has 2 atom stereocenters. The molecule has 250 valence electrons. The first kappa shape index (κ1) is 35.7. The molecule has 3 aromatic carbocycles. The van der Waals surface area contributed by atoms with E-state index in [1.807, 2.05) is 0 Å². The number of hydrazone groups is 1. The third-order valence-corrected chi connectivity index (χ3v) is 7.80. The predicted octanol–water partition coefficient (Wildman–Crippen LogP) is 5.86. The standard InChI is InChI=1S/C32H33BrCl2N4O8/c1-5-45-25-11-18(29-28(31(41)44-4)17(2)37-32(42)38-29)7-9-24(25)46-16-27(40)39-36-14-20-10-21(33)12-26(43-3)30(20)47-15-19-6-8-22(34)13-23(19)35/h6-14,27,29,39-40H,5,15-16H2,1-4H3,(H2,37,38,42)/b36-14+/t27-,29-/m1/s1. The summed E-state index contributed by atoms with van der Waals surface area (Å²) < 4.78 is 28.8. The molecule has 12 nitrogen and oxygen atoms in total. The third-order valence-electron chi connectivity index (χ3n) is 6.75. The maximum absolute atomic E-state index is 12.5. The molecule has 0 aromatic heterocycles. The largest absolute Gasteiger partial charge is 0.493 e. The van der Waals surface area contributed by atoms with E-state index in [4.69, 9.17) is 46.9 Å². The Hall–Kier alpha value is -4.17. The van der Waals surface area contributed by atoms with Crippen LogP contribution in [0.5, 0.6) is 23.0 Å². The number of rotatable bonds is 14. The fraction of sp³-hybridized carbons (Fsp3) is 0.281. The normalized spacial score (nSPS) is 15.1. The summed E-state index contributed by atoms with van der Waals surface area (Å²) in [5, 5.41) is 21.1. The summed E-state index contributed by atoms with van der Waals surface area (Å²) in [6.07, 6.45) is 0.254. The highest BCUT2D eigenvalue weighted by Crippen LogP contribution is 2.36. The summed E-state index contributed by atoms with van der Waals surface area (Å²) in [7, 11) is 2.79. The van der Waals surface area contributed by atoms with E-state index in [-0.39, 0.29) is 18.8 Å². The number of hydrogen-bond acceptors (Lipinski definition) is 10. The number of benzene rings is 3. The van der Waals surface area contributed by atoms with Gasteiger partial charge in [0.05, 0.1) is 38.7 Å². The molecule has 2 amide bonds. The van der Waals surface area contributed by atoms with E-state index >= 15 is 0 Å². The van der Waals surface area contributed by atoms with Crippen molar-refractivity contribution in [3.05, 3.63) is 91.0 Å². The number of ether oxygens (including phenoxy) is 5. The van der Waals surface area contributed by atoms with Crippen molar-refractivity contribution in [1.82, 2.24) is 16.1 Å². The first-order valence-electron chi connectivity index (χ1n) is 14.2. The molecule has 4 rings (SSSR count). The maximum Gasteiger partial charge on any atom is 0.337 e. The van der Waals surface area contributed by atoms with Gasteiger partial charge in [-0.15, -0.1) is 0 Å². The summed E-state index contributed by atoms with van der Waals surface area (Å²) in [5.41, 5.74) is 5.11. The van der Waals surface area contributed by atoms with E-state index in [0.29, 0.717) is 56.5 Å². The van der Waals surface area contributed by atoms with Crippen molar-refractivity contribution >= 4 is 57.3 Å². The predicted molar refractivity (Wildman–Crippen MR) is 180 cm³/mol. The third kappa shape index (κ3) is 9.22. The van der Waals surface area contributed by atoms with E-state index in [2.05, 4.69) is 37.1 Å². The molecule has 0 saturated heterocycles. The maximum atomic E-state index is 12.5. The minimum absolute atomic E-state index is 0.142. The minimum Gasteiger partial charge on any atom is -0.493 e. The van der Waals surface area contributed by atoms with Crippen LogP contribution in [-0.2, 0) is 16.1 Å². The van der Waals surface area contributed by atoms with Gasteiger partial charge in [0.1, 0.15) is 13.2 Å². The van der Waals surface area contributed by atoms with Crippen LogP contribution in [0.25, 0.3) is 0 Å². The number of allylic oxidation sites excluding steroid dienone is 1. The van der Waals surface area contributed by atoms with E-state index < -0.39 is 24.3 Å². The second-order valence-electron chi connectivity index (χ2n) is 9.97. The van der Waals surface area contributed by atoms with E-state index in [9.17, 15) is 14.7 Å². The average molecular weight is 752 g/mol. The van der Waals surface area contributed by atoms with Crippen molar-refractivity contribution < 1.29 is 38.4 Å². The zero-order valence-electron chi connectivity index (χ0n) is 25.9. The highest BCUT2D eigenvalue weighted by Gasteiger charge is 2.32. The fourth-order valence-electron chi connectivity index (χ4n) is 4.59. The lowest BCUT2D eigenvalue weighted by Crippen LogP contribution is -2.45. The van der Waals surface area contributed by atoms with Gasteiger partial charge in [-0.3, -0.25) is 5.43 Å². The van der Waals surface area contributed by atoms with Crippen LogP contribution in [-0.4, -0.2) is 57.0 Å². The summed E-state index contributed by atoms with van der Waals surface area (Å²) in [5.74, 6) is 0.951. The van der Waals surface area contributed by atoms with Crippen LogP contribution in [0.2, 0.25) is 10.0 Å². The molecular formula is C32H33BrCl2N4O8. The molecule has 0 saturated carbocycles. The molecule has 0 radical (unpaired) electrons. The van der Waals surface area contributed by atoms with Gasteiger partial charge in [0.25, 0.3) is 0 Å². The van der Waals surface area contributed by atoms with E-state index in [1.54, 1.807) is 62.4 Å². The van der Waals surface area contributed by atoms with E-state index in [1.165, 1.54) is 20.4 Å². The number of urea groups is 1. The van der Waals surface area contributed by atoms with Gasteiger partial charge >= 0.3 is 12.0 Å². The van der Waals surface area contributed by atoms with Crippen molar-refractivity contribution in [3.8, 4) is 23.0 Å². The van der Waals surface area contributed by atoms with Crippen molar-refractivity contribution in [1.29, 1.82) is 0 Å². The molecule has 0 aliphatic carbocycles. The molecule has 1 aliphatic heterocycles. The molecule has 0 bridgehead atoms. The Balaban J connectivity index is 1.45. The van der Waals surface area contributed by atoms with Crippen molar-refractivity contribution in [2.24, 2.45) is 5.10 Å². The topological polar surface area (TPSA) is 149 Å². The van der Waals surface area contributed by atoms with Gasteiger partial charge in [-0.05, 0) is 55.8 Å². The van der Waals surface area contributed by atoms with Gasteiger partial charge in [-0.25, -0.2) is 9.59 Å². The number of aliphatic hydroxyl groups is 1. The molecule has 4 N–H and O–H groups in total. The van der Waals surface area contributed by atoms with Gasteiger partial charge < -0.3 is 39.4 Å². The number of carbonyl (C=O) groups excluding carboxylic acids is 2. The molecule has 3 aromatic rings. The molecule has 47 heavy (non-hydrogen) atoms. The number of carbonyl (C=O) groups is 2. The second kappa shape index (κ2) is 16.6. The van der Waals surface area contributed by atoms with E-state index in [0.717, 1.165) is 10.0 Å². The zero-order chi connectivity index (χ0) is 34.1. The van der Waals surface area contributed by atoms with Crippen LogP contribution in [0.3, 0.4) is 0 Å². The zero-order valence-corrected chi connectivity index (χ0v) is 29.0. The number of aliphatic hydroxyl groups excluding tert-OH is 1. The van der Waals surface area contributed by atoms with Gasteiger partial charge in [0.2, 0.25) is 0 Å². The smallest absolute Gasteiger partial charge is 0.337 e. The number of nitrogens with one attached hydrogen (secondary N) is 3. The quantitative estimate of drug-likeness (QED) is 0.0688. The van der Waals surface area contributed by atoms with Gasteiger partial charge in [-0.1, -0.05) is 51.3 Å². The first-order valence-corrected chi connectivity index (χ1v) is 15.8. The van der Waals surface area contributed by atoms with Crippen molar-refractivity contribution in [2.45, 2.75) is 32.7 Å². The highest BCUT2D eigenvalue weighted by atomic mass is 79.9. The number of halogens is 3. The Morgan fingerprint density at radius 3 is 2.57 bits per heavy atom. The second-order valence-corrected chi connectivity index (χ2v) is 11.7. The van der Waals surface area contributed by atoms with Crippen LogP contribution >= 0.6 is 39.1 Å². The first-order chi connectivity index (χ1) is 22.5. The summed E-state index contributed by atoms with van der Waals surface area (Å²) >= 11 is 15.8. The number of hydrogen-bond donors (Lipinski definition) is 4. The van der Waals surface area contributed by atoms with Gasteiger partial charge in [-0.2, -0.15) is 5.10 Å². The van der Waals surface area contributed by atoms with Crippen molar-refractivity contribution in [2.75, 3.05) is 27.4 Å². The number of esters is 1. The number of amides is 2. The molecular weight excluding hydrogens is 719 g/mol. The molecule has 0 fully saturated rings. The Morgan fingerprint density at radius 2 is 1.87 bits per heavy atom. The Bertz CT molecular complexity index is 1690. The average Bonchev–Trinajstić information content (AvgIpc) is 3.03. The van der Waals surface area contributed by atoms with Crippen LogP contribution in [0.4, 0.5) is 4.79 Å². The van der Waals surface area contributed by atoms with Crippen LogP contribution in [0, 0.1) is 0 Å².